The molecule has 0 radical (unpaired) electrons. The van der Waals surface area contributed by atoms with Crippen LogP contribution in [0.5, 0.6) is 0 Å². The number of hydrogen-bond donors (Lipinski definition) is 0. The van der Waals surface area contributed by atoms with E-state index in [-0.39, 0.29) is 0 Å². The van der Waals surface area contributed by atoms with Crippen molar-refractivity contribution in [2.24, 2.45) is 0 Å². The van der Waals surface area contributed by atoms with Gasteiger partial charge in [0.25, 0.3) is 0 Å². The molecular weight excluding hydrogens is 376 g/mol. The van der Waals surface area contributed by atoms with Gasteiger partial charge in [0.2, 0.25) is 0 Å². The van der Waals surface area contributed by atoms with Crippen LogP contribution in [0, 0.1) is 6.92 Å². The van der Waals surface area contributed by atoms with E-state index in [1.165, 1.54) is 55.3 Å². The predicted molar refractivity (Wildman–Crippen MR) is 137 cm³/mol. The maximum atomic E-state index is 4.14. The molecule has 1 aliphatic heterocycles. The molecule has 0 atom stereocenters. The van der Waals surface area contributed by atoms with Gasteiger partial charge in [-0.25, -0.2) is 0 Å². The third-order valence-electron chi connectivity index (χ3n) is 7.39. The molecule has 0 N–H and O–H groups in total. The molecule has 0 fully saturated rings. The third-order valence-corrected chi connectivity index (χ3v) is 10.9. The summed E-state index contributed by atoms with van der Waals surface area (Å²) in [5.41, 5.74) is 11.7. The zero-order valence-electron chi connectivity index (χ0n) is 18.8. The minimum absolute atomic E-state index is 1.02. The van der Waals surface area contributed by atoms with Gasteiger partial charge in [-0.15, -0.1) is 0 Å². The van der Waals surface area contributed by atoms with Gasteiger partial charge in [-0.3, -0.25) is 0 Å². The lowest BCUT2D eigenvalue weighted by atomic mass is 9.87. The summed E-state index contributed by atoms with van der Waals surface area (Å²) in [5, 5.41) is 6.21. The first kappa shape index (κ1) is 19.3. The lowest BCUT2D eigenvalue weighted by Gasteiger charge is -2.25. The van der Waals surface area contributed by atoms with Crippen molar-refractivity contribution in [3.63, 3.8) is 0 Å². The molecule has 3 aromatic carbocycles. The molecule has 3 aromatic rings. The van der Waals surface area contributed by atoms with Gasteiger partial charge in [0, 0.05) is 0 Å². The Morgan fingerprint density at radius 3 is 2.53 bits per heavy atom. The van der Waals surface area contributed by atoms with Crippen LogP contribution in [0.3, 0.4) is 0 Å². The molecule has 0 nitrogen and oxygen atoms in total. The molecule has 1 heterocycles. The lowest BCUT2D eigenvalue weighted by Crippen LogP contribution is -2.49. The van der Waals surface area contributed by atoms with Crippen LogP contribution < -0.4 is 10.4 Å². The molecule has 0 aromatic heterocycles. The fraction of sp³-hybridized carbons (Fsp3) is 0.241. The van der Waals surface area contributed by atoms with Crippen molar-refractivity contribution >= 4 is 40.9 Å². The standard InChI is InChI=1S/C29H30Si/c1-7-12-21-18(4)27-24-13-10-11-14-26(24)30(5,6)29(27)28-23(21)16-15-22-20(9-3)19(8-2)17-25(22)28/h7-8,10-16H,2,9,17H2,1,3-6H3/b12-7-. The third kappa shape index (κ3) is 2.33. The van der Waals surface area contributed by atoms with Crippen LogP contribution in [-0.4, -0.2) is 8.07 Å². The van der Waals surface area contributed by atoms with Gasteiger partial charge in [-0.1, -0.05) is 81.2 Å². The number of benzene rings is 3. The Kier molecular flexibility index (Phi) is 4.31. The molecule has 0 unspecified atom stereocenters. The zero-order valence-corrected chi connectivity index (χ0v) is 19.8. The van der Waals surface area contributed by atoms with Crippen molar-refractivity contribution in [2.45, 2.75) is 46.7 Å². The van der Waals surface area contributed by atoms with Crippen molar-refractivity contribution in [1.29, 1.82) is 0 Å². The largest absolute Gasteiger partial charge is 0.114 e. The van der Waals surface area contributed by atoms with Gasteiger partial charge in [0.1, 0.15) is 8.07 Å². The molecule has 1 aliphatic carbocycles. The smallest absolute Gasteiger partial charge is 0.0988 e. The number of allylic oxidation sites excluding steroid dienone is 4. The molecule has 0 amide bonds. The Morgan fingerprint density at radius 2 is 1.83 bits per heavy atom. The summed E-state index contributed by atoms with van der Waals surface area (Å²) in [4.78, 5) is 0. The van der Waals surface area contributed by atoms with Crippen LogP contribution >= 0.6 is 0 Å². The summed E-state index contributed by atoms with van der Waals surface area (Å²) in [6, 6.07) is 13.9. The first-order valence-corrected chi connectivity index (χ1v) is 14.2. The highest BCUT2D eigenvalue weighted by Gasteiger charge is 2.41. The van der Waals surface area contributed by atoms with E-state index >= 15 is 0 Å². The Hall–Kier alpha value is -2.64. The number of hydrogen-bond acceptors (Lipinski definition) is 0. The summed E-state index contributed by atoms with van der Waals surface area (Å²) in [5.74, 6) is 0. The van der Waals surface area contributed by atoms with Crippen LogP contribution in [-0.2, 0) is 6.42 Å². The molecule has 30 heavy (non-hydrogen) atoms. The van der Waals surface area contributed by atoms with Crippen LogP contribution in [0.15, 0.2) is 60.7 Å². The lowest BCUT2D eigenvalue weighted by molar-refractivity contribution is 1.22. The maximum absolute atomic E-state index is 4.14. The Morgan fingerprint density at radius 1 is 1.07 bits per heavy atom. The highest BCUT2D eigenvalue weighted by Crippen LogP contribution is 2.44. The van der Waals surface area contributed by atoms with Crippen LogP contribution in [0.2, 0.25) is 13.1 Å². The van der Waals surface area contributed by atoms with E-state index in [4.69, 9.17) is 0 Å². The molecule has 0 saturated heterocycles. The van der Waals surface area contributed by atoms with E-state index in [9.17, 15) is 0 Å². The topological polar surface area (TPSA) is 0 Å². The summed E-state index contributed by atoms with van der Waals surface area (Å²) in [6.45, 7) is 16.0. The highest BCUT2D eigenvalue weighted by atomic mass is 28.3. The normalized spacial score (nSPS) is 16.3. The molecular formula is C29H30Si. The van der Waals surface area contributed by atoms with Crippen molar-refractivity contribution in [1.82, 2.24) is 0 Å². The minimum atomic E-state index is -1.80. The predicted octanol–water partition coefficient (Wildman–Crippen LogP) is 6.89. The molecule has 5 rings (SSSR count). The molecule has 0 saturated carbocycles. The quantitative estimate of drug-likeness (QED) is 0.415. The van der Waals surface area contributed by atoms with Crippen molar-refractivity contribution in [2.75, 3.05) is 0 Å². The second kappa shape index (κ2) is 6.68. The Labute approximate surface area is 181 Å². The molecule has 0 bridgehead atoms. The van der Waals surface area contributed by atoms with Gasteiger partial charge in [-0.05, 0) is 92.4 Å². The van der Waals surface area contributed by atoms with Crippen LogP contribution in [0.1, 0.15) is 42.5 Å². The SMILES string of the molecule is C=CC1=C(CC)c2ccc3c(/C=C\C)c(C)c4c(c3c2C1)[Si](C)(C)c1ccccc1-4. The Bertz CT molecular complexity index is 1300. The second-order valence-corrected chi connectivity index (χ2v) is 13.5. The number of fused-ring (bicyclic) bond motifs is 7. The summed E-state index contributed by atoms with van der Waals surface area (Å²) < 4.78 is 0. The fourth-order valence-electron chi connectivity index (χ4n) is 6.08. The first-order valence-electron chi connectivity index (χ1n) is 11.2. The van der Waals surface area contributed by atoms with Crippen molar-refractivity contribution < 1.29 is 0 Å². The fourth-order valence-corrected chi connectivity index (χ4v) is 9.60. The molecule has 2 aliphatic rings. The molecule has 0 spiro atoms. The molecule has 150 valence electrons. The van der Waals surface area contributed by atoms with E-state index in [1.807, 2.05) is 0 Å². The average molecular weight is 407 g/mol. The van der Waals surface area contributed by atoms with Crippen molar-refractivity contribution in [3.05, 3.63) is 83.0 Å². The first-order chi connectivity index (χ1) is 14.5. The summed E-state index contributed by atoms with van der Waals surface area (Å²) >= 11 is 0. The maximum Gasteiger partial charge on any atom is 0.114 e. The average Bonchev–Trinajstić information content (AvgIpc) is 3.23. The summed E-state index contributed by atoms with van der Waals surface area (Å²) in [6.07, 6.45) is 8.68. The highest BCUT2D eigenvalue weighted by molar-refractivity contribution is 7.05. The summed E-state index contributed by atoms with van der Waals surface area (Å²) in [7, 11) is -1.80. The Balaban J connectivity index is 2.00. The van der Waals surface area contributed by atoms with Gasteiger partial charge in [0.05, 0.1) is 0 Å². The number of rotatable bonds is 3. The zero-order chi connectivity index (χ0) is 21.2. The van der Waals surface area contributed by atoms with E-state index in [2.05, 4.69) is 95.1 Å². The van der Waals surface area contributed by atoms with Crippen LogP contribution in [0.25, 0.3) is 33.5 Å². The molecule has 1 heteroatoms. The second-order valence-electron chi connectivity index (χ2n) is 9.21. The van der Waals surface area contributed by atoms with Crippen LogP contribution in [0.4, 0.5) is 0 Å². The van der Waals surface area contributed by atoms with E-state index in [1.54, 1.807) is 10.4 Å². The van der Waals surface area contributed by atoms with Gasteiger partial charge < -0.3 is 0 Å². The monoisotopic (exact) mass is 406 g/mol. The van der Waals surface area contributed by atoms with E-state index in [0.717, 1.165) is 12.8 Å². The van der Waals surface area contributed by atoms with Crippen molar-refractivity contribution in [3.8, 4) is 11.1 Å². The minimum Gasteiger partial charge on any atom is -0.0988 e. The van der Waals surface area contributed by atoms with E-state index in [0.29, 0.717) is 0 Å². The van der Waals surface area contributed by atoms with Gasteiger partial charge in [-0.2, -0.15) is 0 Å². The van der Waals surface area contributed by atoms with Gasteiger partial charge in [0.15, 0.2) is 0 Å². The van der Waals surface area contributed by atoms with E-state index < -0.39 is 8.07 Å². The van der Waals surface area contributed by atoms with Gasteiger partial charge >= 0.3 is 0 Å².